The van der Waals surface area contributed by atoms with E-state index < -0.39 is 38.1 Å². The predicted octanol–water partition coefficient (Wildman–Crippen LogP) is -8.33. The van der Waals surface area contributed by atoms with Crippen LogP contribution in [0.5, 0.6) is 0 Å². The maximum absolute atomic E-state index is 10.9. The molecule has 10 heteroatoms. The zero-order chi connectivity index (χ0) is 12.5. The van der Waals surface area contributed by atoms with Crippen LogP contribution >= 0.6 is 0 Å². The fourth-order valence-electron chi connectivity index (χ4n) is 1.14. The maximum Gasteiger partial charge on any atom is 1.00 e. The first-order valence-electron chi connectivity index (χ1n) is 3.78. The number of benzene rings is 1. The van der Waals surface area contributed by atoms with Gasteiger partial charge in [-0.3, -0.25) is 4.55 Å². The molecule has 18 heavy (non-hydrogen) atoms. The molecule has 7 nitrogen and oxygen atoms in total. The van der Waals surface area contributed by atoms with Crippen LogP contribution in [0.1, 0.15) is 20.7 Å². The molecule has 0 saturated carbocycles. The normalized spacial score (nSPS) is 9.83. The van der Waals surface area contributed by atoms with Crippen molar-refractivity contribution >= 4 is 22.1 Å². The molecule has 0 radical (unpaired) electrons. The smallest absolute Gasteiger partial charge is 0.545 e. The summed E-state index contributed by atoms with van der Waals surface area (Å²) in [6, 6.07) is 2.58. The molecule has 0 amide bonds. The summed E-state index contributed by atoms with van der Waals surface area (Å²) in [7, 11) is -5.00. The van der Waals surface area contributed by atoms with E-state index >= 15 is 0 Å². The molecule has 0 atom stereocenters. The second-order valence-electron chi connectivity index (χ2n) is 2.73. The summed E-state index contributed by atoms with van der Waals surface area (Å²) in [6.45, 7) is 0. The van der Waals surface area contributed by atoms with Gasteiger partial charge in [0.05, 0.1) is 11.9 Å². The third kappa shape index (κ3) is 5.38. The monoisotopic (exact) mass is 322 g/mol. The second kappa shape index (κ2) is 8.59. The Morgan fingerprint density at radius 3 is 1.56 bits per heavy atom. The standard InChI is InChI=1S/C8H6O7S.2K/c9-7(10)4-2-1-3-5(8(11)12)6(4)16(13,14)15;;/h1-3H,(H,9,10)(H,11,12)(H,13,14,15);;/q;2*+1/p-2. The average Bonchev–Trinajstić information content (AvgIpc) is 2.15. The summed E-state index contributed by atoms with van der Waals surface area (Å²) >= 11 is 0. The van der Waals surface area contributed by atoms with E-state index in [-0.39, 0.29) is 103 Å². The second-order valence-corrected chi connectivity index (χ2v) is 4.09. The maximum atomic E-state index is 10.9. The number of carboxylic acids is 2. The van der Waals surface area contributed by atoms with Crippen LogP contribution in [0.25, 0.3) is 0 Å². The fourth-order valence-corrected chi connectivity index (χ4v) is 1.99. The van der Waals surface area contributed by atoms with E-state index in [0.29, 0.717) is 0 Å². The minimum Gasteiger partial charge on any atom is -0.545 e. The molecule has 1 rings (SSSR count). The molecule has 1 aromatic carbocycles. The number of rotatable bonds is 3. The van der Waals surface area contributed by atoms with Crippen LogP contribution in [0, 0.1) is 0 Å². The van der Waals surface area contributed by atoms with Crippen LogP contribution in [0.15, 0.2) is 23.1 Å². The van der Waals surface area contributed by atoms with Crippen molar-refractivity contribution in [2.75, 3.05) is 0 Å². The van der Waals surface area contributed by atoms with E-state index in [1.165, 1.54) is 0 Å². The molecule has 0 aliphatic carbocycles. The van der Waals surface area contributed by atoms with Gasteiger partial charge in [-0.1, -0.05) is 18.2 Å². The van der Waals surface area contributed by atoms with Crippen molar-refractivity contribution in [1.82, 2.24) is 0 Å². The molecule has 0 spiro atoms. The van der Waals surface area contributed by atoms with Gasteiger partial charge in [0.15, 0.2) is 0 Å². The molecule has 1 N–H and O–H groups in total. The Labute approximate surface area is 188 Å². The summed E-state index contributed by atoms with van der Waals surface area (Å²) in [5, 5.41) is 21.1. The van der Waals surface area contributed by atoms with Gasteiger partial charge < -0.3 is 19.8 Å². The van der Waals surface area contributed by atoms with Crippen LogP contribution in [-0.2, 0) is 10.1 Å². The molecule has 0 fully saturated rings. The van der Waals surface area contributed by atoms with Gasteiger partial charge in [-0.15, -0.1) is 0 Å². The van der Waals surface area contributed by atoms with Gasteiger partial charge in [0.25, 0.3) is 10.1 Å². The van der Waals surface area contributed by atoms with Crippen molar-refractivity contribution in [3.8, 4) is 0 Å². The fraction of sp³-hybridized carbons (Fsp3) is 0. The Bertz CT molecular complexity index is 535. The topological polar surface area (TPSA) is 135 Å². The van der Waals surface area contributed by atoms with Crippen molar-refractivity contribution in [3.05, 3.63) is 29.3 Å². The summed E-state index contributed by atoms with van der Waals surface area (Å²) in [5.74, 6) is -3.84. The van der Waals surface area contributed by atoms with Crippen LogP contribution in [-0.4, -0.2) is 24.9 Å². The van der Waals surface area contributed by atoms with Gasteiger partial charge in [-0.2, -0.15) is 8.42 Å². The van der Waals surface area contributed by atoms with E-state index in [1.807, 2.05) is 0 Å². The third-order valence-electron chi connectivity index (χ3n) is 1.71. The number of carboxylic acid groups (broad SMARTS) is 2. The quantitative estimate of drug-likeness (QED) is 0.431. The average molecular weight is 322 g/mol. The summed E-state index contributed by atoms with van der Waals surface area (Å²) in [4.78, 5) is 19.8. The number of aromatic carboxylic acids is 2. The molecular weight excluding hydrogens is 318 g/mol. The molecule has 0 aromatic heterocycles. The first-order valence-corrected chi connectivity index (χ1v) is 5.22. The van der Waals surface area contributed by atoms with E-state index in [0.717, 1.165) is 18.2 Å². The molecule has 0 heterocycles. The van der Waals surface area contributed by atoms with Gasteiger partial charge in [-0.05, 0) is 0 Å². The minimum absolute atomic E-state index is 0. The SMILES string of the molecule is O=C([O-])c1cccc(C(=O)[O-])c1S(=O)(=O)O.[K+].[K+]. The van der Waals surface area contributed by atoms with Crippen molar-refractivity contribution < 1.29 is 136 Å². The zero-order valence-electron chi connectivity index (χ0n) is 9.54. The molecule has 0 bridgehead atoms. The molecule has 0 aliphatic heterocycles. The van der Waals surface area contributed by atoms with Crippen LogP contribution in [0.2, 0.25) is 0 Å². The van der Waals surface area contributed by atoms with E-state index in [4.69, 9.17) is 4.55 Å². The van der Waals surface area contributed by atoms with E-state index in [9.17, 15) is 28.2 Å². The van der Waals surface area contributed by atoms with E-state index in [1.54, 1.807) is 0 Å². The third-order valence-corrected chi connectivity index (χ3v) is 2.67. The van der Waals surface area contributed by atoms with Crippen LogP contribution in [0.4, 0.5) is 0 Å². The van der Waals surface area contributed by atoms with Gasteiger partial charge in [0.1, 0.15) is 4.90 Å². The minimum atomic E-state index is -5.00. The largest absolute Gasteiger partial charge is 1.00 e. The molecule has 0 saturated heterocycles. The van der Waals surface area contributed by atoms with E-state index in [2.05, 4.69) is 0 Å². The van der Waals surface area contributed by atoms with Crippen molar-refractivity contribution in [1.29, 1.82) is 0 Å². The Hall–Kier alpha value is 1.34. The molecule has 1 aromatic rings. The van der Waals surface area contributed by atoms with Gasteiger partial charge in [0, 0.05) is 11.1 Å². The molecule has 0 aliphatic rings. The Balaban J connectivity index is 0. The predicted molar refractivity (Wildman–Crippen MR) is 44.9 cm³/mol. The number of carbonyl (C=O) groups is 2. The van der Waals surface area contributed by atoms with Crippen molar-refractivity contribution in [2.24, 2.45) is 0 Å². The Morgan fingerprint density at radius 2 is 1.33 bits per heavy atom. The van der Waals surface area contributed by atoms with Crippen LogP contribution in [0.3, 0.4) is 0 Å². The first kappa shape index (κ1) is 21.6. The van der Waals surface area contributed by atoms with Crippen LogP contribution < -0.4 is 113 Å². The molecule has 0 unspecified atom stereocenters. The first-order chi connectivity index (χ1) is 7.25. The van der Waals surface area contributed by atoms with Gasteiger partial charge >= 0.3 is 103 Å². The van der Waals surface area contributed by atoms with Crippen molar-refractivity contribution in [3.63, 3.8) is 0 Å². The summed E-state index contributed by atoms with van der Waals surface area (Å²) < 4.78 is 30.5. The van der Waals surface area contributed by atoms with Gasteiger partial charge in [0.2, 0.25) is 0 Å². The Kier molecular flexibility index (Phi) is 10.3. The number of hydrogen-bond donors (Lipinski definition) is 1. The number of hydrogen-bond acceptors (Lipinski definition) is 6. The van der Waals surface area contributed by atoms with Gasteiger partial charge in [-0.25, -0.2) is 0 Å². The number of carbonyl (C=O) groups excluding carboxylic acids is 2. The molecule has 86 valence electrons. The summed E-state index contributed by atoms with van der Waals surface area (Å²) in [5.41, 5.74) is -1.88. The Morgan fingerprint density at radius 1 is 1.00 bits per heavy atom. The molecular formula is C8H4K2O7S. The zero-order valence-corrected chi connectivity index (χ0v) is 16.6. The summed E-state index contributed by atoms with van der Waals surface area (Å²) in [6.07, 6.45) is 0. The van der Waals surface area contributed by atoms with Crippen molar-refractivity contribution in [2.45, 2.75) is 4.90 Å².